The first kappa shape index (κ1) is 21.0. The number of anilines is 2. The molecule has 4 rings (SSSR count). The van der Waals surface area contributed by atoms with Crippen molar-refractivity contribution in [2.45, 2.75) is 27.7 Å². The molecule has 0 unspecified atom stereocenters. The number of rotatable bonds is 5. The highest BCUT2D eigenvalue weighted by molar-refractivity contribution is 6.00. The summed E-state index contributed by atoms with van der Waals surface area (Å²) in [5.41, 5.74) is 5.54. The number of aromatic nitrogens is 4. The molecule has 32 heavy (non-hydrogen) atoms. The van der Waals surface area contributed by atoms with Crippen molar-refractivity contribution >= 4 is 17.4 Å². The molecule has 162 valence electrons. The van der Waals surface area contributed by atoms with Crippen molar-refractivity contribution in [3.8, 4) is 17.4 Å². The zero-order valence-electron chi connectivity index (χ0n) is 18.4. The molecule has 0 bridgehead atoms. The van der Waals surface area contributed by atoms with Crippen LogP contribution in [-0.4, -0.2) is 25.8 Å². The van der Waals surface area contributed by atoms with E-state index in [-0.39, 0.29) is 6.03 Å². The number of nitrogens with one attached hydrogen (secondary N) is 2. The highest BCUT2D eigenvalue weighted by Gasteiger charge is 2.08. The Kier molecular flexibility index (Phi) is 5.85. The molecule has 8 nitrogen and oxygen atoms in total. The van der Waals surface area contributed by atoms with E-state index in [9.17, 15) is 4.79 Å². The van der Waals surface area contributed by atoms with Gasteiger partial charge in [-0.05, 0) is 69.7 Å². The van der Waals surface area contributed by atoms with Crippen LogP contribution in [0.1, 0.15) is 22.5 Å². The maximum absolute atomic E-state index is 12.3. The Labute approximate surface area is 186 Å². The monoisotopic (exact) mass is 428 g/mol. The minimum atomic E-state index is -0.308. The zero-order chi connectivity index (χ0) is 22.7. The Morgan fingerprint density at radius 3 is 2.31 bits per heavy atom. The Balaban J connectivity index is 1.36. The van der Waals surface area contributed by atoms with Crippen molar-refractivity contribution in [3.05, 3.63) is 83.4 Å². The standard InChI is InChI=1S/C24H24N6O2/c1-15-5-10-21(16(2)13-15)27-24(31)26-19-6-8-20(9-7-19)32-23-12-11-22(28-29-23)30-14-25-17(3)18(30)4/h5-14H,1-4H3,(H2,26,27,31). The van der Waals surface area contributed by atoms with Crippen molar-refractivity contribution < 1.29 is 9.53 Å². The van der Waals surface area contributed by atoms with Gasteiger partial charge in [0, 0.05) is 23.1 Å². The summed E-state index contributed by atoms with van der Waals surface area (Å²) in [6.45, 7) is 7.90. The van der Waals surface area contributed by atoms with Gasteiger partial charge in [-0.15, -0.1) is 10.2 Å². The van der Waals surface area contributed by atoms with Gasteiger partial charge in [0.05, 0.1) is 5.69 Å². The van der Waals surface area contributed by atoms with E-state index in [1.54, 1.807) is 36.7 Å². The number of urea groups is 1. The summed E-state index contributed by atoms with van der Waals surface area (Å²) in [6, 6.07) is 16.2. The van der Waals surface area contributed by atoms with Crippen molar-refractivity contribution in [2.75, 3.05) is 10.6 Å². The maximum Gasteiger partial charge on any atom is 0.323 e. The van der Waals surface area contributed by atoms with Crippen LogP contribution in [0, 0.1) is 27.7 Å². The fourth-order valence-electron chi connectivity index (χ4n) is 3.19. The Bertz CT molecular complexity index is 1250. The molecule has 2 amide bonds. The van der Waals surface area contributed by atoms with Crippen molar-refractivity contribution in [2.24, 2.45) is 0 Å². The summed E-state index contributed by atoms with van der Waals surface area (Å²) in [6.07, 6.45) is 1.72. The first-order valence-corrected chi connectivity index (χ1v) is 10.2. The van der Waals surface area contributed by atoms with Crippen LogP contribution in [-0.2, 0) is 0 Å². The molecule has 0 spiro atoms. The molecule has 2 heterocycles. The predicted molar refractivity (Wildman–Crippen MR) is 124 cm³/mol. The van der Waals surface area contributed by atoms with Gasteiger partial charge in [-0.25, -0.2) is 9.78 Å². The molecule has 2 N–H and O–H groups in total. The second kappa shape index (κ2) is 8.89. The van der Waals surface area contributed by atoms with Gasteiger partial charge in [0.2, 0.25) is 5.88 Å². The van der Waals surface area contributed by atoms with Crippen LogP contribution in [0.3, 0.4) is 0 Å². The van der Waals surface area contributed by atoms with Crippen LogP contribution in [0.4, 0.5) is 16.2 Å². The summed E-state index contributed by atoms with van der Waals surface area (Å²) in [5.74, 6) is 1.63. The Morgan fingerprint density at radius 2 is 1.69 bits per heavy atom. The molecule has 0 aliphatic carbocycles. The van der Waals surface area contributed by atoms with Gasteiger partial charge in [0.1, 0.15) is 12.1 Å². The van der Waals surface area contributed by atoms with E-state index in [1.807, 2.05) is 56.5 Å². The number of imidazole rings is 1. The molecule has 0 saturated carbocycles. The number of benzene rings is 2. The largest absolute Gasteiger partial charge is 0.438 e. The molecule has 0 saturated heterocycles. The van der Waals surface area contributed by atoms with Crippen LogP contribution in [0.25, 0.3) is 5.82 Å². The number of carbonyl (C=O) groups excluding carboxylic acids is 1. The number of aryl methyl sites for hydroxylation is 3. The third kappa shape index (κ3) is 4.75. The van der Waals surface area contributed by atoms with Crippen LogP contribution in [0.2, 0.25) is 0 Å². The highest BCUT2D eigenvalue weighted by Crippen LogP contribution is 2.22. The van der Waals surface area contributed by atoms with E-state index in [4.69, 9.17) is 4.74 Å². The van der Waals surface area contributed by atoms with Crippen molar-refractivity contribution in [1.82, 2.24) is 19.7 Å². The molecule has 0 radical (unpaired) electrons. The van der Waals surface area contributed by atoms with Gasteiger partial charge in [0.15, 0.2) is 5.82 Å². The highest BCUT2D eigenvalue weighted by atomic mass is 16.5. The minimum absolute atomic E-state index is 0.308. The number of hydrogen-bond donors (Lipinski definition) is 2. The third-order valence-corrected chi connectivity index (χ3v) is 5.09. The summed E-state index contributed by atoms with van der Waals surface area (Å²) in [5, 5.41) is 14.0. The lowest BCUT2D eigenvalue weighted by molar-refractivity contribution is 0.262. The van der Waals surface area contributed by atoms with Crippen molar-refractivity contribution in [1.29, 1.82) is 0 Å². The first-order valence-electron chi connectivity index (χ1n) is 10.2. The van der Waals surface area contributed by atoms with E-state index in [0.717, 1.165) is 28.2 Å². The summed E-state index contributed by atoms with van der Waals surface area (Å²) >= 11 is 0. The van der Waals surface area contributed by atoms with Gasteiger partial charge in [0.25, 0.3) is 0 Å². The van der Waals surface area contributed by atoms with Gasteiger partial charge >= 0.3 is 6.03 Å². The zero-order valence-corrected chi connectivity index (χ0v) is 18.4. The topological polar surface area (TPSA) is 94.0 Å². The van der Waals surface area contributed by atoms with E-state index >= 15 is 0 Å². The molecular weight excluding hydrogens is 404 g/mol. The summed E-state index contributed by atoms with van der Waals surface area (Å²) in [7, 11) is 0. The fraction of sp³-hybridized carbons (Fsp3) is 0.167. The number of amides is 2. The second-order valence-electron chi connectivity index (χ2n) is 7.54. The van der Waals surface area contributed by atoms with Crippen LogP contribution in [0.5, 0.6) is 11.6 Å². The molecular formula is C24H24N6O2. The summed E-state index contributed by atoms with van der Waals surface area (Å²) in [4.78, 5) is 16.6. The fourth-order valence-corrected chi connectivity index (χ4v) is 3.19. The van der Waals surface area contributed by atoms with Crippen molar-refractivity contribution in [3.63, 3.8) is 0 Å². The first-order chi connectivity index (χ1) is 15.4. The maximum atomic E-state index is 12.3. The molecule has 4 aromatic rings. The van der Waals surface area contributed by atoms with Gasteiger partial charge in [-0.3, -0.25) is 4.57 Å². The van der Waals surface area contributed by atoms with Gasteiger partial charge in [-0.1, -0.05) is 17.7 Å². The van der Waals surface area contributed by atoms with E-state index in [2.05, 4.69) is 25.8 Å². The molecule has 2 aromatic carbocycles. The SMILES string of the molecule is Cc1ccc(NC(=O)Nc2ccc(Oc3ccc(-n4cnc(C)c4C)nn3)cc2)c(C)c1. The van der Waals surface area contributed by atoms with Crippen LogP contribution >= 0.6 is 0 Å². The van der Waals surface area contributed by atoms with Gasteiger partial charge < -0.3 is 15.4 Å². The lowest BCUT2D eigenvalue weighted by Gasteiger charge is -2.11. The molecule has 0 aliphatic rings. The molecule has 0 atom stereocenters. The van der Waals surface area contributed by atoms with E-state index < -0.39 is 0 Å². The van der Waals surface area contributed by atoms with Crippen LogP contribution < -0.4 is 15.4 Å². The average molecular weight is 428 g/mol. The molecule has 0 fully saturated rings. The number of ether oxygens (including phenoxy) is 1. The van der Waals surface area contributed by atoms with Gasteiger partial charge in [-0.2, -0.15) is 0 Å². The number of carbonyl (C=O) groups is 1. The molecule has 0 aliphatic heterocycles. The second-order valence-corrected chi connectivity index (χ2v) is 7.54. The average Bonchev–Trinajstić information content (AvgIpc) is 3.10. The molecule has 2 aromatic heterocycles. The lowest BCUT2D eigenvalue weighted by Crippen LogP contribution is -2.19. The van der Waals surface area contributed by atoms with E-state index in [0.29, 0.717) is 23.1 Å². The normalized spacial score (nSPS) is 10.6. The third-order valence-electron chi connectivity index (χ3n) is 5.09. The number of nitrogens with zero attached hydrogens (tertiary/aromatic N) is 4. The number of hydrogen-bond acceptors (Lipinski definition) is 5. The quantitative estimate of drug-likeness (QED) is 0.448. The smallest absolute Gasteiger partial charge is 0.323 e. The van der Waals surface area contributed by atoms with E-state index in [1.165, 1.54) is 0 Å². The minimum Gasteiger partial charge on any atom is -0.438 e. The predicted octanol–water partition coefficient (Wildman–Crippen LogP) is 5.33. The summed E-state index contributed by atoms with van der Waals surface area (Å²) < 4.78 is 7.63. The Hall–Kier alpha value is -4.20. The van der Waals surface area contributed by atoms with Crippen LogP contribution in [0.15, 0.2) is 60.9 Å². The Morgan fingerprint density at radius 1 is 0.906 bits per heavy atom. The lowest BCUT2D eigenvalue weighted by atomic mass is 10.1. The molecule has 8 heteroatoms.